The van der Waals surface area contributed by atoms with E-state index in [0.29, 0.717) is 64.6 Å². The van der Waals surface area contributed by atoms with Gasteiger partial charge in [0.25, 0.3) is 5.91 Å². The van der Waals surface area contributed by atoms with Crippen molar-refractivity contribution < 1.29 is 52.8 Å². The van der Waals surface area contributed by atoms with E-state index in [2.05, 4.69) is 73.8 Å². The van der Waals surface area contributed by atoms with Gasteiger partial charge in [-0.2, -0.15) is 0 Å². The molecule has 6 aromatic heterocycles. The number of halogens is 2. The maximum Gasteiger partial charge on any atom is 0.357 e. The number of ether oxygens (including phenoxy) is 4. The van der Waals surface area contributed by atoms with Crippen LogP contribution in [-0.2, 0) is 28.5 Å². The largest absolute Gasteiger partial charge is 0.476 e. The molecule has 1 amide bonds. The van der Waals surface area contributed by atoms with Crippen LogP contribution in [0.2, 0.25) is 10.0 Å². The number of hydrogen-bond acceptors (Lipinski definition) is 17. The van der Waals surface area contributed by atoms with Crippen molar-refractivity contribution in [3.8, 4) is 22.3 Å². The number of rotatable bonds is 16. The maximum atomic E-state index is 13.9. The average molecular weight is 1300 g/mol. The lowest BCUT2D eigenvalue weighted by Crippen LogP contribution is -2.31. The van der Waals surface area contributed by atoms with Gasteiger partial charge >= 0.3 is 29.8 Å². The van der Waals surface area contributed by atoms with Crippen LogP contribution < -0.4 is 5.32 Å². The van der Waals surface area contributed by atoms with E-state index in [4.69, 9.17) is 47.3 Å². The Balaban J connectivity index is 0.000000151. The normalized spacial score (nSPS) is 17.0. The van der Waals surface area contributed by atoms with E-state index in [-0.39, 0.29) is 84.3 Å². The quantitative estimate of drug-likeness (QED) is 0.0676. The summed E-state index contributed by atoms with van der Waals surface area (Å²) in [6, 6.07) is 39.5. The second-order valence-corrected chi connectivity index (χ2v) is 24.9. The number of esters is 4. The van der Waals surface area contributed by atoms with Gasteiger partial charge in [-0.15, -0.1) is 22.7 Å². The number of carbonyl (C=O) groups excluding carboxylic acids is 5. The summed E-state index contributed by atoms with van der Waals surface area (Å²) in [5.74, 6) is -2.67. The third-order valence-electron chi connectivity index (χ3n) is 16.4. The number of aromatic nitrogens is 6. The molecule has 10 aromatic rings. The highest BCUT2D eigenvalue weighted by molar-refractivity contribution is 7.10. The lowest BCUT2D eigenvalue weighted by molar-refractivity contribution is -0.145. The number of amides is 1. The minimum atomic E-state index is -1.04. The second kappa shape index (κ2) is 27.5. The Morgan fingerprint density at radius 3 is 1.48 bits per heavy atom. The number of carboxylic acids is 1. The number of carboxylic acid groups (broad SMARTS) is 1. The molecular weight excluding hydrogens is 1240 g/mol. The third-order valence-corrected chi connectivity index (χ3v) is 18.7. The van der Waals surface area contributed by atoms with Crippen LogP contribution in [0.4, 0.5) is 0 Å². The molecule has 2 aliphatic carbocycles. The minimum absolute atomic E-state index is 0.0160. The zero-order chi connectivity index (χ0) is 63.3. The molecule has 4 atom stereocenters. The first kappa shape index (κ1) is 62.1. The molecular formula is C68H60Cl2N8O11S2. The Labute approximate surface area is 540 Å². The molecule has 0 unspecified atom stereocenters. The third kappa shape index (κ3) is 13.7. The molecule has 23 heteroatoms. The van der Waals surface area contributed by atoms with Crippen molar-refractivity contribution >= 4 is 92.9 Å². The lowest BCUT2D eigenvalue weighted by atomic mass is 9.98. The molecule has 464 valence electrons. The van der Waals surface area contributed by atoms with E-state index in [9.17, 15) is 28.8 Å². The van der Waals surface area contributed by atoms with Crippen LogP contribution in [0.5, 0.6) is 0 Å². The molecule has 19 nitrogen and oxygen atoms in total. The Morgan fingerprint density at radius 2 is 0.989 bits per heavy atom. The summed E-state index contributed by atoms with van der Waals surface area (Å²) in [6.45, 7) is 5.71. The number of imidazole rings is 2. The lowest BCUT2D eigenvalue weighted by Gasteiger charge is -2.22. The van der Waals surface area contributed by atoms with Crippen molar-refractivity contribution in [3.05, 3.63) is 222 Å². The van der Waals surface area contributed by atoms with Gasteiger partial charge in [0.2, 0.25) is 0 Å². The van der Waals surface area contributed by atoms with Crippen LogP contribution in [0.3, 0.4) is 0 Å². The fourth-order valence-electron chi connectivity index (χ4n) is 12.3. The zero-order valence-electron chi connectivity index (χ0n) is 49.3. The van der Waals surface area contributed by atoms with Gasteiger partial charge in [0, 0.05) is 60.3 Å². The molecule has 14 rings (SSSR count). The van der Waals surface area contributed by atoms with Crippen molar-refractivity contribution in [3.63, 3.8) is 0 Å². The van der Waals surface area contributed by atoms with Crippen LogP contribution in [0.1, 0.15) is 138 Å². The molecule has 2 aliphatic heterocycles. The number of aromatic carboxylic acids is 1. The van der Waals surface area contributed by atoms with Crippen molar-refractivity contribution in [2.75, 3.05) is 39.5 Å². The molecule has 0 radical (unpaired) electrons. The van der Waals surface area contributed by atoms with Crippen molar-refractivity contribution in [2.24, 2.45) is 11.8 Å². The molecule has 0 saturated carbocycles. The fraction of sp³-hybridized carbons (Fsp3) is 0.265. The predicted octanol–water partition coefficient (Wildman–Crippen LogP) is 13.0. The molecule has 0 spiro atoms. The number of likely N-dealkylation sites (tertiary alicyclic amines) is 1. The molecule has 91 heavy (non-hydrogen) atoms. The van der Waals surface area contributed by atoms with Crippen LogP contribution in [0.15, 0.2) is 157 Å². The molecule has 4 aliphatic rings. The summed E-state index contributed by atoms with van der Waals surface area (Å²) < 4.78 is 25.1. The monoisotopic (exact) mass is 1300 g/mol. The summed E-state index contributed by atoms with van der Waals surface area (Å²) in [4.78, 5) is 93.6. The number of pyridine rings is 2. The Morgan fingerprint density at radius 1 is 0.538 bits per heavy atom. The predicted molar refractivity (Wildman–Crippen MR) is 343 cm³/mol. The zero-order valence-corrected chi connectivity index (χ0v) is 52.4. The van der Waals surface area contributed by atoms with Gasteiger partial charge in [0.05, 0.1) is 41.8 Å². The SMILES string of the molecule is CCOC(=O)c1csc([C@@H]2C[C@@H](CC(=O)OCC3c4ccccc4-c4ccccc43)CN2)n1.CCOC(=O)c1csc([C@@H]2C[C@@H](CC(=O)OCC3c4ccccc4-c4ccccc43)CN2C(=O)c2cn3cc(Cl)ccc3n2)n1.O=C(O)c1cn2cc(Cl)ccc2n1. The Kier molecular flexibility index (Phi) is 18.8. The Hall–Kier alpha value is -9.12. The number of nitrogens with zero attached hydrogens (tertiary/aromatic N) is 7. The number of fused-ring (bicyclic) bond motifs is 8. The van der Waals surface area contributed by atoms with E-state index in [1.54, 1.807) is 81.2 Å². The fourth-order valence-corrected chi connectivity index (χ4v) is 14.4. The summed E-state index contributed by atoms with van der Waals surface area (Å²) in [5.41, 5.74) is 11.5. The molecule has 2 saturated heterocycles. The first-order valence-corrected chi connectivity index (χ1v) is 32.2. The van der Waals surface area contributed by atoms with Crippen LogP contribution in [-0.4, -0.2) is 114 Å². The number of carbonyl (C=O) groups is 6. The summed E-state index contributed by atoms with van der Waals surface area (Å²) in [6.07, 6.45) is 8.16. The van der Waals surface area contributed by atoms with Crippen molar-refractivity contribution in [1.82, 2.24) is 39.0 Å². The number of nitrogens with one attached hydrogen (secondary N) is 1. The first-order chi connectivity index (χ1) is 44.2. The van der Waals surface area contributed by atoms with E-state index in [1.807, 2.05) is 48.5 Å². The van der Waals surface area contributed by atoms with E-state index in [1.165, 1.54) is 62.3 Å². The summed E-state index contributed by atoms with van der Waals surface area (Å²) >= 11 is 14.6. The molecule has 8 heterocycles. The van der Waals surface area contributed by atoms with Gasteiger partial charge in [0.1, 0.15) is 40.2 Å². The van der Waals surface area contributed by atoms with Gasteiger partial charge in [-0.05, 0) is 114 Å². The van der Waals surface area contributed by atoms with Crippen molar-refractivity contribution in [1.29, 1.82) is 0 Å². The molecule has 2 fully saturated rings. The van der Waals surface area contributed by atoms with Gasteiger partial charge in [-0.3, -0.25) is 14.4 Å². The number of benzene rings is 4. The van der Waals surface area contributed by atoms with Crippen LogP contribution in [0, 0.1) is 11.8 Å². The van der Waals surface area contributed by atoms with E-state index in [0.717, 1.165) is 29.1 Å². The number of thiazole rings is 2. The highest BCUT2D eigenvalue weighted by atomic mass is 35.5. The molecule has 2 N–H and O–H groups in total. The second-order valence-electron chi connectivity index (χ2n) is 22.2. The van der Waals surface area contributed by atoms with Crippen LogP contribution >= 0.6 is 45.9 Å². The van der Waals surface area contributed by atoms with Crippen molar-refractivity contribution in [2.45, 2.75) is 63.5 Å². The van der Waals surface area contributed by atoms with Crippen LogP contribution in [0.25, 0.3) is 33.5 Å². The first-order valence-electron chi connectivity index (χ1n) is 29.7. The van der Waals surface area contributed by atoms with Gasteiger partial charge in [-0.1, -0.05) is 120 Å². The minimum Gasteiger partial charge on any atom is -0.476 e. The maximum absolute atomic E-state index is 13.9. The smallest absolute Gasteiger partial charge is 0.357 e. The van der Waals surface area contributed by atoms with E-state index < -0.39 is 23.9 Å². The van der Waals surface area contributed by atoms with Gasteiger partial charge in [0.15, 0.2) is 17.1 Å². The van der Waals surface area contributed by atoms with E-state index >= 15 is 0 Å². The standard InChI is InChI=1S/C34H29ClN4O5S.C26H26N2O4S.C8H5ClN2O2/c1-2-43-34(42)28-19-45-32(37-28)29-13-20(15-39(29)33(41)27-17-38-16-21(35)11-12-30(38)36-27)14-31(40)44-18-26-24-9-5-3-7-22(24)23-8-4-6-10-25(23)26;1-2-31-26(30)23-15-33-25(28-23)22-11-16(13-27-22)12-24(29)32-14-21-19-9-5-3-7-17(19)18-8-4-6-10-20(18)21;9-5-1-2-7-10-6(8(12)13)4-11(7)3-5/h3-12,16-17,19-20,26,29H,2,13-15,18H2,1H3;3-10,15-16,21-22,27H,2,11-14H2,1H3;1-4H,(H,12,13)/t20-,29-;16-,22-;/m00./s1. The average Bonchev–Trinajstić information content (AvgIpc) is 1.65. The van der Waals surface area contributed by atoms with Gasteiger partial charge < -0.3 is 43.1 Å². The highest BCUT2D eigenvalue weighted by Crippen LogP contribution is 2.47. The number of hydrogen-bond donors (Lipinski definition) is 2. The highest BCUT2D eigenvalue weighted by Gasteiger charge is 2.41. The molecule has 4 aromatic carbocycles. The molecule has 0 bridgehead atoms. The van der Waals surface area contributed by atoms with Gasteiger partial charge in [-0.25, -0.2) is 34.3 Å². The topological polar surface area (TPSA) is 235 Å². The Bertz CT molecular complexity index is 4300. The summed E-state index contributed by atoms with van der Waals surface area (Å²) in [7, 11) is 0. The summed E-state index contributed by atoms with van der Waals surface area (Å²) in [5, 5.41) is 18.0.